The molecule has 0 aliphatic carbocycles. The van der Waals surface area contributed by atoms with Crippen molar-refractivity contribution in [1.29, 1.82) is 0 Å². The molecule has 2 heterocycles. The van der Waals surface area contributed by atoms with Crippen molar-refractivity contribution >= 4 is 37.5 Å². The fraction of sp³-hybridized carbons (Fsp3) is 0.500. The topological polar surface area (TPSA) is 24.9 Å². The standard InChI is InChI=1S/C14H17BrN2S/c15-10-6-7-13-12(9-10)17-14(18-13)11-5-3-1-2-4-8-16-11/h6-7,9,11,16H,1-5,8H2. The second-order valence-corrected chi connectivity index (χ2v) is 6.85. The summed E-state index contributed by atoms with van der Waals surface area (Å²) in [7, 11) is 0. The molecule has 96 valence electrons. The zero-order chi connectivity index (χ0) is 12.4. The van der Waals surface area contributed by atoms with Crippen LogP contribution in [-0.2, 0) is 0 Å². The molecule has 1 fully saturated rings. The van der Waals surface area contributed by atoms with Crippen molar-refractivity contribution in [1.82, 2.24) is 10.3 Å². The predicted molar refractivity (Wildman–Crippen MR) is 81.1 cm³/mol. The van der Waals surface area contributed by atoms with Crippen molar-refractivity contribution in [3.8, 4) is 0 Å². The Morgan fingerprint density at radius 3 is 3.06 bits per heavy atom. The monoisotopic (exact) mass is 324 g/mol. The molecule has 1 unspecified atom stereocenters. The van der Waals surface area contributed by atoms with Gasteiger partial charge in [0.1, 0.15) is 5.01 Å². The molecule has 1 saturated heterocycles. The highest BCUT2D eigenvalue weighted by molar-refractivity contribution is 9.10. The summed E-state index contributed by atoms with van der Waals surface area (Å²) in [4.78, 5) is 4.80. The Morgan fingerprint density at radius 2 is 2.11 bits per heavy atom. The molecule has 1 N–H and O–H groups in total. The van der Waals surface area contributed by atoms with E-state index in [0.29, 0.717) is 6.04 Å². The first-order valence-electron chi connectivity index (χ1n) is 6.62. The zero-order valence-corrected chi connectivity index (χ0v) is 12.7. The number of hydrogen-bond acceptors (Lipinski definition) is 3. The third-order valence-corrected chi connectivity index (χ3v) is 5.12. The normalized spacial score (nSPS) is 21.7. The van der Waals surface area contributed by atoms with Gasteiger partial charge in [0.15, 0.2) is 0 Å². The van der Waals surface area contributed by atoms with Crippen molar-refractivity contribution in [2.75, 3.05) is 6.54 Å². The molecular weight excluding hydrogens is 308 g/mol. The second kappa shape index (κ2) is 5.68. The maximum absolute atomic E-state index is 4.80. The Balaban J connectivity index is 1.87. The maximum Gasteiger partial charge on any atom is 0.111 e. The molecule has 1 aliphatic rings. The van der Waals surface area contributed by atoms with Gasteiger partial charge in [-0.2, -0.15) is 0 Å². The van der Waals surface area contributed by atoms with Gasteiger partial charge in [0.25, 0.3) is 0 Å². The average molecular weight is 325 g/mol. The van der Waals surface area contributed by atoms with Gasteiger partial charge in [-0.15, -0.1) is 11.3 Å². The molecule has 0 spiro atoms. The van der Waals surface area contributed by atoms with Gasteiger partial charge < -0.3 is 5.32 Å². The number of halogens is 1. The van der Waals surface area contributed by atoms with E-state index in [0.717, 1.165) is 16.5 Å². The molecular formula is C14H17BrN2S. The zero-order valence-electron chi connectivity index (χ0n) is 10.3. The summed E-state index contributed by atoms with van der Waals surface area (Å²) < 4.78 is 2.40. The van der Waals surface area contributed by atoms with Gasteiger partial charge in [-0.25, -0.2) is 4.98 Å². The van der Waals surface area contributed by atoms with Gasteiger partial charge in [0.2, 0.25) is 0 Å². The number of hydrogen-bond donors (Lipinski definition) is 1. The van der Waals surface area contributed by atoms with Crippen molar-refractivity contribution in [3.63, 3.8) is 0 Å². The Kier molecular flexibility index (Phi) is 3.97. The molecule has 0 amide bonds. The highest BCUT2D eigenvalue weighted by Gasteiger charge is 2.16. The molecule has 3 rings (SSSR count). The van der Waals surface area contributed by atoms with Gasteiger partial charge in [-0.1, -0.05) is 35.2 Å². The molecule has 1 aromatic heterocycles. The van der Waals surface area contributed by atoms with Crippen molar-refractivity contribution in [2.24, 2.45) is 0 Å². The third-order valence-electron chi connectivity index (χ3n) is 3.47. The lowest BCUT2D eigenvalue weighted by Crippen LogP contribution is -2.23. The second-order valence-electron chi connectivity index (χ2n) is 4.87. The fourth-order valence-electron chi connectivity index (χ4n) is 2.48. The number of benzene rings is 1. The van der Waals surface area contributed by atoms with E-state index in [9.17, 15) is 0 Å². The molecule has 1 atom stereocenters. The van der Waals surface area contributed by atoms with E-state index < -0.39 is 0 Å². The minimum Gasteiger partial charge on any atom is -0.308 e. The fourth-order valence-corrected chi connectivity index (χ4v) is 3.89. The van der Waals surface area contributed by atoms with Gasteiger partial charge in [0, 0.05) is 4.47 Å². The van der Waals surface area contributed by atoms with Crippen LogP contribution in [-0.4, -0.2) is 11.5 Å². The molecule has 18 heavy (non-hydrogen) atoms. The van der Waals surface area contributed by atoms with Crippen LogP contribution in [0.2, 0.25) is 0 Å². The van der Waals surface area contributed by atoms with E-state index in [1.165, 1.54) is 41.8 Å². The Bertz CT molecular complexity index is 530. The van der Waals surface area contributed by atoms with Crippen LogP contribution >= 0.6 is 27.3 Å². The molecule has 0 bridgehead atoms. The van der Waals surface area contributed by atoms with Crippen LogP contribution in [0.4, 0.5) is 0 Å². The van der Waals surface area contributed by atoms with Crippen LogP contribution in [0, 0.1) is 0 Å². The van der Waals surface area contributed by atoms with Crippen LogP contribution < -0.4 is 5.32 Å². The molecule has 2 nitrogen and oxygen atoms in total. The van der Waals surface area contributed by atoms with Gasteiger partial charge >= 0.3 is 0 Å². The quantitative estimate of drug-likeness (QED) is 0.825. The Labute approximate surface area is 120 Å². The molecule has 0 saturated carbocycles. The molecule has 0 radical (unpaired) electrons. The maximum atomic E-state index is 4.80. The highest BCUT2D eigenvalue weighted by Crippen LogP contribution is 2.31. The minimum atomic E-state index is 0.460. The smallest absolute Gasteiger partial charge is 0.111 e. The predicted octanol–water partition coefficient (Wildman–Crippen LogP) is 4.65. The lowest BCUT2D eigenvalue weighted by Gasteiger charge is -2.19. The van der Waals surface area contributed by atoms with E-state index in [1.54, 1.807) is 0 Å². The number of thiazole rings is 1. The van der Waals surface area contributed by atoms with Crippen LogP contribution in [0.3, 0.4) is 0 Å². The van der Waals surface area contributed by atoms with Crippen molar-refractivity contribution < 1.29 is 0 Å². The summed E-state index contributed by atoms with van der Waals surface area (Å²) in [5, 5.41) is 4.90. The van der Waals surface area contributed by atoms with E-state index in [2.05, 4.69) is 39.4 Å². The Morgan fingerprint density at radius 1 is 1.22 bits per heavy atom. The number of nitrogens with one attached hydrogen (secondary N) is 1. The summed E-state index contributed by atoms with van der Waals surface area (Å²) >= 11 is 5.34. The summed E-state index contributed by atoms with van der Waals surface area (Å²) in [6.45, 7) is 1.13. The number of nitrogens with zero attached hydrogens (tertiary/aromatic N) is 1. The summed E-state index contributed by atoms with van der Waals surface area (Å²) in [5.41, 5.74) is 1.12. The highest BCUT2D eigenvalue weighted by atomic mass is 79.9. The minimum absolute atomic E-state index is 0.460. The first-order chi connectivity index (χ1) is 8.83. The summed E-state index contributed by atoms with van der Waals surface area (Å²) in [6.07, 6.45) is 6.58. The largest absolute Gasteiger partial charge is 0.308 e. The summed E-state index contributed by atoms with van der Waals surface area (Å²) in [6, 6.07) is 6.82. The van der Waals surface area contributed by atoms with Gasteiger partial charge in [-0.05, 0) is 37.6 Å². The number of rotatable bonds is 1. The number of aromatic nitrogens is 1. The third kappa shape index (κ3) is 2.76. The number of fused-ring (bicyclic) bond motifs is 1. The van der Waals surface area contributed by atoms with E-state index in [1.807, 2.05) is 11.3 Å². The molecule has 1 aliphatic heterocycles. The van der Waals surface area contributed by atoms with Crippen LogP contribution in [0.25, 0.3) is 10.2 Å². The summed E-state index contributed by atoms with van der Waals surface area (Å²) in [5.74, 6) is 0. The van der Waals surface area contributed by atoms with E-state index in [-0.39, 0.29) is 0 Å². The molecule has 1 aromatic carbocycles. The van der Waals surface area contributed by atoms with Crippen LogP contribution in [0.15, 0.2) is 22.7 Å². The van der Waals surface area contributed by atoms with Crippen molar-refractivity contribution in [3.05, 3.63) is 27.7 Å². The van der Waals surface area contributed by atoms with Crippen molar-refractivity contribution in [2.45, 2.75) is 38.1 Å². The lowest BCUT2D eigenvalue weighted by atomic mass is 10.0. The SMILES string of the molecule is Brc1ccc2sc(C3CCCCCCN3)nc2c1. The molecule has 2 aromatic rings. The van der Waals surface area contributed by atoms with E-state index >= 15 is 0 Å². The lowest BCUT2D eigenvalue weighted by molar-refractivity contribution is 0.426. The molecule has 4 heteroatoms. The first-order valence-corrected chi connectivity index (χ1v) is 8.23. The average Bonchev–Trinajstić information content (AvgIpc) is 2.71. The van der Waals surface area contributed by atoms with Gasteiger partial charge in [-0.3, -0.25) is 0 Å². The van der Waals surface area contributed by atoms with Crippen LogP contribution in [0.1, 0.15) is 43.2 Å². The Hall–Kier alpha value is -0.450. The van der Waals surface area contributed by atoms with E-state index in [4.69, 9.17) is 4.98 Å². The van der Waals surface area contributed by atoms with Gasteiger partial charge in [0.05, 0.1) is 16.3 Å². The van der Waals surface area contributed by atoms with Crippen LogP contribution in [0.5, 0.6) is 0 Å². The first kappa shape index (κ1) is 12.6.